The van der Waals surface area contributed by atoms with Gasteiger partial charge in [-0.25, -0.2) is 14.5 Å². The van der Waals surface area contributed by atoms with Gasteiger partial charge in [-0.05, 0) is 128 Å². The van der Waals surface area contributed by atoms with Gasteiger partial charge in [0.1, 0.15) is 31.3 Å². The molecule has 0 radical (unpaired) electrons. The van der Waals surface area contributed by atoms with Crippen LogP contribution in [0.25, 0.3) is 5.57 Å². The molecule has 4 aliphatic heterocycles. The molecule has 21 heteroatoms. The van der Waals surface area contributed by atoms with E-state index >= 15 is 9.59 Å². The van der Waals surface area contributed by atoms with Crippen LogP contribution in [0.1, 0.15) is 129 Å². The van der Waals surface area contributed by atoms with Gasteiger partial charge in [-0.2, -0.15) is 0 Å². The van der Waals surface area contributed by atoms with Crippen LogP contribution in [0.5, 0.6) is 23.0 Å². The molecule has 0 aromatic heterocycles. The number of ketones is 1. The first kappa shape index (κ1) is 67.9. The molecule has 20 nitrogen and oxygen atoms in total. The molecule has 92 heavy (non-hydrogen) atoms. The number of hydrogen-bond acceptors (Lipinski definition) is 15. The standard InChI is InChI=1S/C71H89N5O15Si/c1-15-26-88-63(78)35-52(43(3)4)64(79)72-46(7)58(77)31-47-19-21-48(22-20-47)41-90-69(83)76-56-37-60(45(6)30-53(56)66(81)75-42-71(24-25-71)38-57(75)67(76)91-92(13,14)70(8,9)10)86-28-17-29-87-62-36-55-54(34-61(62)85-12)65(80)73-39-50(49-23-18-44(5)59(33-49)84-11)32-51(73)40-74(55)68(82)89-27-16-2/h15-16,18-23,30,33-34,36-37,39,43,46,51-52,57,67H,1-2,17,24-29,31-32,35,38,40-42H2,3-14H3,(H,72,79)/t46-,51-,52-,57-,67?/m0/s1. The zero-order valence-electron chi connectivity index (χ0n) is 55.3. The minimum atomic E-state index is -2.69. The molecule has 5 atom stereocenters. The van der Waals surface area contributed by atoms with Crippen LogP contribution < -0.4 is 34.1 Å². The topological polar surface area (TPSA) is 218 Å². The number of carbonyl (C=O) groups excluding carboxylic acids is 7. The van der Waals surface area contributed by atoms with E-state index < -0.39 is 62.7 Å². The van der Waals surface area contributed by atoms with E-state index in [4.69, 9.17) is 37.6 Å². The van der Waals surface area contributed by atoms with Crippen LogP contribution in [-0.2, 0) is 46.0 Å². The van der Waals surface area contributed by atoms with E-state index in [1.807, 2.05) is 57.0 Å². The number of hydrogen-bond donors (Lipinski definition) is 1. The number of amides is 5. The van der Waals surface area contributed by atoms with Crippen molar-refractivity contribution in [3.63, 3.8) is 0 Å². The molecule has 1 aliphatic carbocycles. The Labute approximate surface area is 541 Å². The smallest absolute Gasteiger partial charge is 0.416 e. The van der Waals surface area contributed by atoms with Gasteiger partial charge < -0.3 is 52.7 Å². The first-order valence-corrected chi connectivity index (χ1v) is 34.6. The Morgan fingerprint density at radius 3 is 2.07 bits per heavy atom. The van der Waals surface area contributed by atoms with Crippen molar-refractivity contribution in [1.82, 2.24) is 15.1 Å². The second-order valence-electron chi connectivity index (χ2n) is 26.7. The summed E-state index contributed by atoms with van der Waals surface area (Å²) in [5, 5.41) is 2.51. The lowest BCUT2D eigenvalue weighted by Gasteiger charge is -2.44. The van der Waals surface area contributed by atoms with Crippen LogP contribution in [-0.4, -0.2) is 138 Å². The zero-order chi connectivity index (χ0) is 66.6. The summed E-state index contributed by atoms with van der Waals surface area (Å²) < 4.78 is 48.6. The number of Topliss-reactive ketones (excluding diaryl/α,β-unsaturated/α-hetero) is 1. The molecule has 1 spiro atoms. The van der Waals surface area contributed by atoms with Crippen molar-refractivity contribution >= 4 is 66.9 Å². The summed E-state index contributed by atoms with van der Waals surface area (Å²) in [6.07, 6.45) is 5.83. The summed E-state index contributed by atoms with van der Waals surface area (Å²) >= 11 is 0. The van der Waals surface area contributed by atoms with Gasteiger partial charge in [-0.15, -0.1) is 0 Å². The van der Waals surface area contributed by atoms with Crippen LogP contribution in [0.3, 0.4) is 0 Å². The Kier molecular flexibility index (Phi) is 20.8. The highest BCUT2D eigenvalue weighted by Crippen LogP contribution is 2.58. The van der Waals surface area contributed by atoms with E-state index in [1.54, 1.807) is 67.5 Å². The van der Waals surface area contributed by atoms with E-state index in [0.717, 1.165) is 35.3 Å². The second kappa shape index (κ2) is 28.2. The van der Waals surface area contributed by atoms with Gasteiger partial charge in [-0.1, -0.05) is 96.3 Å². The third-order valence-electron chi connectivity index (χ3n) is 18.7. The van der Waals surface area contributed by atoms with Crippen molar-refractivity contribution in [3.8, 4) is 23.0 Å². The molecule has 4 heterocycles. The number of carbonyl (C=O) groups is 7. The van der Waals surface area contributed by atoms with Crippen molar-refractivity contribution < 1.29 is 71.1 Å². The minimum Gasteiger partial charge on any atom is -0.496 e. The fraction of sp³-hybridized carbons (Fsp3) is 0.479. The summed E-state index contributed by atoms with van der Waals surface area (Å²) in [5.41, 5.74) is 5.90. The predicted molar refractivity (Wildman–Crippen MR) is 352 cm³/mol. The van der Waals surface area contributed by atoms with Crippen molar-refractivity contribution in [2.45, 2.75) is 149 Å². The van der Waals surface area contributed by atoms with Gasteiger partial charge >= 0.3 is 18.2 Å². The Bertz CT molecular complexity index is 3530. The van der Waals surface area contributed by atoms with Crippen molar-refractivity contribution in [2.75, 3.05) is 63.5 Å². The summed E-state index contributed by atoms with van der Waals surface area (Å²) in [6.45, 7) is 27.8. The Morgan fingerprint density at radius 2 is 1.41 bits per heavy atom. The van der Waals surface area contributed by atoms with Crippen LogP contribution >= 0.6 is 0 Å². The number of methoxy groups -OCH3 is 2. The van der Waals surface area contributed by atoms with E-state index in [9.17, 15) is 24.0 Å². The lowest BCUT2D eigenvalue weighted by atomic mass is 9.91. The number of nitrogens with one attached hydrogen (secondary N) is 1. The number of anilines is 2. The van der Waals surface area contributed by atoms with Gasteiger partial charge in [0, 0.05) is 37.7 Å². The van der Waals surface area contributed by atoms with Crippen molar-refractivity contribution in [2.24, 2.45) is 17.3 Å². The number of benzene rings is 4. The van der Waals surface area contributed by atoms with Crippen LogP contribution in [0.2, 0.25) is 18.1 Å². The SMILES string of the molecule is C=CCOC(=O)C[C@H](C(=O)N[C@@H](C)C(=O)Cc1ccc(COC(=O)N2c3cc(OCCCOc4cc5c(cc4OC)C(=O)N4C=C(c6ccc(C)c(OC)c6)C[C@H]4CN5C(=O)OCC=C)c(C)cc3C(=O)N3CC4(CC4)C[C@H]3C2O[Si](C)(C)C(C)(C)C)cc1)C(C)C. The predicted octanol–water partition coefficient (Wildman–Crippen LogP) is 12.1. The van der Waals surface area contributed by atoms with Gasteiger partial charge in [0.2, 0.25) is 5.91 Å². The molecule has 4 aromatic rings. The molecule has 1 saturated heterocycles. The van der Waals surface area contributed by atoms with Gasteiger partial charge in [-0.3, -0.25) is 28.9 Å². The third kappa shape index (κ3) is 14.9. The number of aryl methyl sites for hydroxylation is 2. The lowest BCUT2D eigenvalue weighted by molar-refractivity contribution is -0.146. The number of nitrogens with zero attached hydrogens (tertiary/aromatic N) is 4. The molecular weight excluding hydrogens is 1190 g/mol. The number of fused-ring (bicyclic) bond motifs is 4. The molecule has 4 aromatic carbocycles. The highest BCUT2D eigenvalue weighted by Gasteiger charge is 2.60. The maximum Gasteiger partial charge on any atom is 0.416 e. The Morgan fingerprint density at radius 1 is 0.761 bits per heavy atom. The van der Waals surface area contributed by atoms with E-state index in [0.29, 0.717) is 65.2 Å². The van der Waals surface area contributed by atoms with Gasteiger partial charge in [0.15, 0.2) is 31.8 Å². The van der Waals surface area contributed by atoms with Crippen LogP contribution in [0.4, 0.5) is 21.0 Å². The van der Waals surface area contributed by atoms with Gasteiger partial charge in [0.05, 0.1) is 86.9 Å². The molecule has 492 valence electrons. The molecule has 1 N–H and O–H groups in total. The highest BCUT2D eigenvalue weighted by atomic mass is 28.4. The van der Waals surface area contributed by atoms with Crippen molar-refractivity contribution in [3.05, 3.63) is 137 Å². The fourth-order valence-electron chi connectivity index (χ4n) is 12.1. The Hall–Kier alpha value is -8.43. The largest absolute Gasteiger partial charge is 0.496 e. The monoisotopic (exact) mass is 1280 g/mol. The van der Waals surface area contributed by atoms with E-state index in [-0.39, 0.29) is 103 Å². The summed E-state index contributed by atoms with van der Waals surface area (Å²) in [4.78, 5) is 104. The number of ether oxygens (including phenoxy) is 7. The molecular formula is C71H89N5O15Si. The fourth-order valence-corrected chi connectivity index (χ4v) is 13.3. The maximum absolute atomic E-state index is 15.2. The molecule has 9 rings (SSSR count). The number of esters is 1. The Balaban J connectivity index is 0.925. The molecule has 5 amide bonds. The summed E-state index contributed by atoms with van der Waals surface area (Å²) in [5.74, 6) is -0.829. The van der Waals surface area contributed by atoms with E-state index in [2.05, 4.69) is 52.3 Å². The first-order chi connectivity index (χ1) is 43.7. The zero-order valence-corrected chi connectivity index (χ0v) is 56.3. The maximum atomic E-state index is 15.2. The quantitative estimate of drug-likeness (QED) is 0.0214. The minimum absolute atomic E-state index is 0.0181. The van der Waals surface area contributed by atoms with Crippen LogP contribution in [0.15, 0.2) is 98.2 Å². The normalized spacial score (nSPS) is 18.7. The lowest BCUT2D eigenvalue weighted by Crippen LogP contribution is -2.58. The number of rotatable bonds is 25. The highest BCUT2D eigenvalue weighted by molar-refractivity contribution is 6.74. The van der Waals surface area contributed by atoms with Gasteiger partial charge in [0.25, 0.3) is 11.8 Å². The molecule has 1 saturated carbocycles. The van der Waals surface area contributed by atoms with E-state index in [1.165, 1.54) is 29.1 Å². The second-order valence-corrected chi connectivity index (χ2v) is 31.5. The third-order valence-corrected chi connectivity index (χ3v) is 23.2. The van der Waals surface area contributed by atoms with Crippen LogP contribution in [0, 0.1) is 31.1 Å². The molecule has 2 fully saturated rings. The molecule has 0 bridgehead atoms. The first-order valence-electron chi connectivity index (χ1n) is 31.7. The van der Waals surface area contributed by atoms with Crippen molar-refractivity contribution in [1.29, 1.82) is 0 Å². The summed E-state index contributed by atoms with van der Waals surface area (Å²) in [7, 11) is 0.413. The molecule has 5 aliphatic rings. The average Bonchev–Trinajstić information content (AvgIpc) is 1.56. The molecule has 1 unspecified atom stereocenters. The summed E-state index contributed by atoms with van der Waals surface area (Å²) in [6, 6.07) is 18.0. The average molecular weight is 1280 g/mol.